The first-order chi connectivity index (χ1) is 7.13. The molecule has 1 aliphatic heterocycles. The largest absolute Gasteiger partial charge is 0.361 e. The summed E-state index contributed by atoms with van der Waals surface area (Å²) < 4.78 is 0. The van der Waals surface area contributed by atoms with Crippen molar-refractivity contribution in [3.05, 3.63) is 0 Å². The number of piperidine rings is 1. The van der Waals surface area contributed by atoms with Gasteiger partial charge in [-0.2, -0.15) is 0 Å². The third-order valence-electron chi connectivity index (χ3n) is 3.11. The summed E-state index contributed by atoms with van der Waals surface area (Å²) in [5.41, 5.74) is 0. The van der Waals surface area contributed by atoms with E-state index >= 15 is 0 Å². The summed E-state index contributed by atoms with van der Waals surface area (Å²) >= 11 is 0. The smallest absolute Gasteiger partial charge is 0.0957 e. The molecule has 15 heavy (non-hydrogen) atoms. The second-order valence-electron chi connectivity index (χ2n) is 4.89. The number of hydrogen-bond donors (Lipinski definition) is 1. The predicted molar refractivity (Wildman–Crippen MR) is 65.5 cm³/mol. The quantitative estimate of drug-likeness (QED) is 0.570. The highest BCUT2D eigenvalue weighted by atomic mass is 15.2. The summed E-state index contributed by atoms with van der Waals surface area (Å²) in [6.07, 6.45) is 4.54. The maximum atomic E-state index is 7.91. The Morgan fingerprint density at radius 3 is 2.40 bits per heavy atom. The maximum absolute atomic E-state index is 7.91. The molecular formula is C12H25N3. The zero-order valence-electron chi connectivity index (χ0n) is 10.4. The minimum atomic E-state index is 0.839. The first-order valence-corrected chi connectivity index (χ1v) is 6.10. The van der Waals surface area contributed by atoms with Gasteiger partial charge in [-0.05, 0) is 39.3 Å². The molecule has 0 aromatic heterocycles. The summed E-state index contributed by atoms with van der Waals surface area (Å²) in [5, 5.41) is 7.91. The molecule has 0 atom stereocenters. The van der Waals surface area contributed by atoms with Gasteiger partial charge in [0.15, 0.2) is 0 Å². The summed E-state index contributed by atoms with van der Waals surface area (Å²) in [7, 11) is 4.29. The van der Waals surface area contributed by atoms with Gasteiger partial charge in [-0.3, -0.25) is 5.41 Å². The van der Waals surface area contributed by atoms with Crippen LogP contribution in [0.25, 0.3) is 0 Å². The van der Waals surface area contributed by atoms with E-state index in [9.17, 15) is 0 Å². The Hall–Kier alpha value is -0.570. The Balaban J connectivity index is 2.26. The average Bonchev–Trinajstić information content (AvgIpc) is 2.18. The predicted octanol–water partition coefficient (Wildman–Crippen LogP) is 2.04. The molecule has 1 fully saturated rings. The van der Waals surface area contributed by atoms with E-state index in [1.54, 1.807) is 0 Å². The zero-order chi connectivity index (χ0) is 11.3. The Labute approximate surface area is 94.0 Å². The van der Waals surface area contributed by atoms with Gasteiger partial charge in [0.05, 0.1) is 5.84 Å². The van der Waals surface area contributed by atoms with Gasteiger partial charge in [-0.1, -0.05) is 6.92 Å². The van der Waals surface area contributed by atoms with Crippen molar-refractivity contribution in [2.45, 2.75) is 32.6 Å². The second-order valence-corrected chi connectivity index (χ2v) is 4.89. The molecule has 3 nitrogen and oxygen atoms in total. The Bertz CT molecular complexity index is 193. The number of amidine groups is 1. The lowest BCUT2D eigenvalue weighted by Crippen LogP contribution is -2.40. The van der Waals surface area contributed by atoms with Crippen molar-refractivity contribution in [3.8, 4) is 0 Å². The normalized spacial score (nSPS) is 18.5. The molecule has 0 bridgehead atoms. The van der Waals surface area contributed by atoms with Gasteiger partial charge in [0.2, 0.25) is 0 Å². The highest BCUT2D eigenvalue weighted by Crippen LogP contribution is 2.18. The van der Waals surface area contributed by atoms with Crippen LogP contribution in [-0.4, -0.2) is 49.4 Å². The summed E-state index contributed by atoms with van der Waals surface area (Å²) in [4.78, 5) is 4.54. The molecule has 0 amide bonds. The molecule has 1 rings (SSSR count). The van der Waals surface area contributed by atoms with Crippen molar-refractivity contribution < 1.29 is 0 Å². The van der Waals surface area contributed by atoms with Crippen molar-refractivity contribution in [2.75, 3.05) is 33.7 Å². The molecule has 0 aromatic rings. The first-order valence-electron chi connectivity index (χ1n) is 6.10. The topological polar surface area (TPSA) is 30.3 Å². The van der Waals surface area contributed by atoms with E-state index in [1.165, 1.54) is 19.4 Å². The molecule has 0 unspecified atom stereocenters. The van der Waals surface area contributed by atoms with E-state index in [2.05, 4.69) is 30.8 Å². The number of likely N-dealkylation sites (tertiary alicyclic amines) is 1. The van der Waals surface area contributed by atoms with E-state index < -0.39 is 0 Å². The fourth-order valence-corrected chi connectivity index (χ4v) is 2.30. The van der Waals surface area contributed by atoms with Gasteiger partial charge in [0, 0.05) is 26.1 Å². The number of rotatable bonds is 4. The SMILES string of the molecule is CCCC(=N)N1CCC(CN(C)C)CC1. The van der Waals surface area contributed by atoms with Gasteiger partial charge in [-0.25, -0.2) is 0 Å². The van der Waals surface area contributed by atoms with Crippen molar-refractivity contribution in [3.63, 3.8) is 0 Å². The van der Waals surface area contributed by atoms with Gasteiger partial charge < -0.3 is 9.80 Å². The standard InChI is InChI=1S/C12H25N3/c1-4-5-12(13)15-8-6-11(7-9-15)10-14(2)3/h11,13H,4-10H2,1-3H3. The van der Waals surface area contributed by atoms with Gasteiger partial charge in [-0.15, -0.1) is 0 Å². The highest BCUT2D eigenvalue weighted by molar-refractivity contribution is 5.79. The van der Waals surface area contributed by atoms with Crippen molar-refractivity contribution in [2.24, 2.45) is 5.92 Å². The van der Waals surface area contributed by atoms with E-state index in [4.69, 9.17) is 5.41 Å². The zero-order valence-corrected chi connectivity index (χ0v) is 10.4. The molecule has 1 N–H and O–H groups in total. The molecule has 1 saturated heterocycles. The summed E-state index contributed by atoms with van der Waals surface area (Å²) in [6.45, 7) is 5.54. The van der Waals surface area contributed by atoms with Crippen LogP contribution in [0.3, 0.4) is 0 Å². The maximum Gasteiger partial charge on any atom is 0.0957 e. The fraction of sp³-hybridized carbons (Fsp3) is 0.917. The van der Waals surface area contributed by atoms with Crippen LogP contribution in [0, 0.1) is 11.3 Å². The summed E-state index contributed by atoms with van der Waals surface area (Å²) in [5.74, 6) is 1.69. The van der Waals surface area contributed by atoms with Crippen LogP contribution in [0.2, 0.25) is 0 Å². The van der Waals surface area contributed by atoms with Crippen LogP contribution < -0.4 is 0 Å². The number of nitrogens with zero attached hydrogens (tertiary/aromatic N) is 2. The van der Waals surface area contributed by atoms with Crippen molar-refractivity contribution >= 4 is 5.84 Å². The highest BCUT2D eigenvalue weighted by Gasteiger charge is 2.20. The van der Waals surface area contributed by atoms with Crippen molar-refractivity contribution in [1.82, 2.24) is 9.80 Å². The van der Waals surface area contributed by atoms with E-state index in [0.717, 1.165) is 37.7 Å². The molecular weight excluding hydrogens is 186 g/mol. The average molecular weight is 211 g/mol. The molecule has 0 aromatic carbocycles. The molecule has 0 saturated carbocycles. The third-order valence-corrected chi connectivity index (χ3v) is 3.11. The van der Waals surface area contributed by atoms with Crippen LogP contribution in [0.15, 0.2) is 0 Å². The van der Waals surface area contributed by atoms with Crippen LogP contribution in [0.4, 0.5) is 0 Å². The van der Waals surface area contributed by atoms with Gasteiger partial charge >= 0.3 is 0 Å². The monoisotopic (exact) mass is 211 g/mol. The van der Waals surface area contributed by atoms with Crippen LogP contribution in [0.5, 0.6) is 0 Å². The molecule has 1 heterocycles. The Morgan fingerprint density at radius 1 is 1.33 bits per heavy atom. The lowest BCUT2D eigenvalue weighted by molar-refractivity contribution is 0.216. The minimum absolute atomic E-state index is 0.839. The number of nitrogens with one attached hydrogen (secondary N) is 1. The van der Waals surface area contributed by atoms with E-state index in [-0.39, 0.29) is 0 Å². The third kappa shape index (κ3) is 4.20. The molecule has 0 spiro atoms. The van der Waals surface area contributed by atoms with Crippen LogP contribution >= 0.6 is 0 Å². The van der Waals surface area contributed by atoms with Crippen molar-refractivity contribution in [1.29, 1.82) is 5.41 Å². The van der Waals surface area contributed by atoms with E-state index in [0.29, 0.717) is 0 Å². The fourth-order valence-electron chi connectivity index (χ4n) is 2.30. The lowest BCUT2D eigenvalue weighted by atomic mass is 9.96. The number of hydrogen-bond acceptors (Lipinski definition) is 2. The summed E-state index contributed by atoms with van der Waals surface area (Å²) in [6, 6.07) is 0. The molecule has 3 heteroatoms. The van der Waals surface area contributed by atoms with Gasteiger partial charge in [0.1, 0.15) is 0 Å². The molecule has 88 valence electrons. The Kier molecular flexibility index (Phi) is 5.09. The Morgan fingerprint density at radius 2 is 1.93 bits per heavy atom. The molecule has 1 aliphatic rings. The van der Waals surface area contributed by atoms with Gasteiger partial charge in [0.25, 0.3) is 0 Å². The lowest BCUT2D eigenvalue weighted by Gasteiger charge is -2.34. The van der Waals surface area contributed by atoms with Crippen LogP contribution in [-0.2, 0) is 0 Å². The molecule has 0 aliphatic carbocycles. The first kappa shape index (κ1) is 12.5. The molecule has 0 radical (unpaired) electrons. The minimum Gasteiger partial charge on any atom is -0.361 e. The van der Waals surface area contributed by atoms with E-state index in [1.807, 2.05) is 0 Å². The second kappa shape index (κ2) is 6.11. The van der Waals surface area contributed by atoms with Crippen LogP contribution in [0.1, 0.15) is 32.6 Å².